The largest absolute Gasteiger partial charge is 0.455 e. The highest BCUT2D eigenvalue weighted by atomic mass is 32.1. The predicted octanol–water partition coefficient (Wildman–Crippen LogP) is 7.09. The summed E-state index contributed by atoms with van der Waals surface area (Å²) in [5.41, 5.74) is 4.98. The van der Waals surface area contributed by atoms with E-state index in [2.05, 4.69) is 10.3 Å². The SMILES string of the molecule is Cc1cc(-c2ccc(/C=N\c3sc4c(c3C(=O)NCc3ccccc3)CCCC4)o2)cc([N+](=O)[O-])c1C. The predicted molar refractivity (Wildman–Crippen MR) is 146 cm³/mol. The van der Waals surface area contributed by atoms with Gasteiger partial charge in [0.15, 0.2) is 0 Å². The zero-order chi connectivity index (χ0) is 25.9. The molecule has 0 saturated heterocycles. The molecule has 188 valence electrons. The number of aliphatic imine (C=N–C) groups is 1. The van der Waals surface area contributed by atoms with Crippen LogP contribution in [0.5, 0.6) is 0 Å². The van der Waals surface area contributed by atoms with E-state index in [1.807, 2.05) is 43.3 Å². The van der Waals surface area contributed by atoms with Gasteiger partial charge in [0.05, 0.1) is 16.7 Å². The van der Waals surface area contributed by atoms with Gasteiger partial charge in [-0.05, 0) is 74.4 Å². The number of hydrogen-bond donors (Lipinski definition) is 1. The van der Waals surface area contributed by atoms with Crippen LogP contribution in [0.1, 0.15) is 56.1 Å². The molecule has 4 aromatic rings. The molecule has 0 bridgehead atoms. The number of amides is 1. The van der Waals surface area contributed by atoms with Crippen LogP contribution in [-0.2, 0) is 19.4 Å². The van der Waals surface area contributed by atoms with Crippen molar-refractivity contribution in [3.05, 3.63) is 103 Å². The zero-order valence-electron chi connectivity index (χ0n) is 20.7. The average molecular weight is 514 g/mol. The molecule has 0 saturated carbocycles. The second-order valence-corrected chi connectivity index (χ2v) is 10.3. The van der Waals surface area contributed by atoms with E-state index < -0.39 is 0 Å². The lowest BCUT2D eigenvalue weighted by molar-refractivity contribution is -0.385. The van der Waals surface area contributed by atoms with E-state index in [1.165, 1.54) is 10.9 Å². The number of nitro groups is 1. The van der Waals surface area contributed by atoms with Crippen molar-refractivity contribution in [2.75, 3.05) is 0 Å². The van der Waals surface area contributed by atoms with E-state index in [9.17, 15) is 14.9 Å². The van der Waals surface area contributed by atoms with E-state index >= 15 is 0 Å². The molecule has 2 aromatic carbocycles. The summed E-state index contributed by atoms with van der Waals surface area (Å²) in [6.07, 6.45) is 5.64. The molecule has 1 aliphatic carbocycles. The highest BCUT2D eigenvalue weighted by molar-refractivity contribution is 7.16. The number of hydrogen-bond acceptors (Lipinski definition) is 6. The van der Waals surface area contributed by atoms with Crippen molar-refractivity contribution in [2.45, 2.75) is 46.1 Å². The summed E-state index contributed by atoms with van der Waals surface area (Å²) < 4.78 is 5.96. The number of nitro benzene ring substituents is 1. The van der Waals surface area contributed by atoms with Gasteiger partial charge in [0.1, 0.15) is 16.5 Å². The lowest BCUT2D eigenvalue weighted by atomic mass is 9.95. The molecule has 7 nitrogen and oxygen atoms in total. The first-order valence-electron chi connectivity index (χ1n) is 12.3. The van der Waals surface area contributed by atoms with Gasteiger partial charge in [0, 0.05) is 28.6 Å². The third kappa shape index (κ3) is 5.24. The van der Waals surface area contributed by atoms with Crippen molar-refractivity contribution in [1.82, 2.24) is 5.32 Å². The van der Waals surface area contributed by atoms with Crippen LogP contribution < -0.4 is 5.32 Å². The summed E-state index contributed by atoms with van der Waals surface area (Å²) >= 11 is 1.57. The van der Waals surface area contributed by atoms with Gasteiger partial charge >= 0.3 is 0 Å². The van der Waals surface area contributed by atoms with Gasteiger partial charge in [-0.1, -0.05) is 30.3 Å². The highest BCUT2D eigenvalue weighted by Gasteiger charge is 2.25. The van der Waals surface area contributed by atoms with Gasteiger partial charge in [-0.25, -0.2) is 4.99 Å². The summed E-state index contributed by atoms with van der Waals surface area (Å²) in [4.78, 5) is 30.2. The molecule has 1 amide bonds. The summed E-state index contributed by atoms with van der Waals surface area (Å²) in [5.74, 6) is 0.926. The van der Waals surface area contributed by atoms with Crippen LogP contribution in [0.2, 0.25) is 0 Å². The van der Waals surface area contributed by atoms with Crippen LogP contribution in [0.25, 0.3) is 11.3 Å². The molecule has 2 aromatic heterocycles. The monoisotopic (exact) mass is 513 g/mol. The van der Waals surface area contributed by atoms with Gasteiger partial charge in [0.2, 0.25) is 0 Å². The van der Waals surface area contributed by atoms with Crippen LogP contribution in [0.3, 0.4) is 0 Å². The fourth-order valence-corrected chi connectivity index (χ4v) is 5.85. The third-order valence-corrected chi connectivity index (χ3v) is 7.93. The Morgan fingerprint density at radius 3 is 2.70 bits per heavy atom. The first kappa shape index (κ1) is 24.6. The lowest BCUT2D eigenvalue weighted by Crippen LogP contribution is -2.24. The summed E-state index contributed by atoms with van der Waals surface area (Å²) in [6, 6.07) is 16.8. The minimum Gasteiger partial charge on any atom is -0.455 e. The Bertz CT molecular complexity index is 1500. The lowest BCUT2D eigenvalue weighted by Gasteiger charge is -2.12. The van der Waals surface area contributed by atoms with E-state index in [1.54, 1.807) is 36.6 Å². The maximum Gasteiger partial charge on any atom is 0.273 e. The minimum atomic E-state index is -0.375. The quantitative estimate of drug-likeness (QED) is 0.162. The summed E-state index contributed by atoms with van der Waals surface area (Å²) in [7, 11) is 0. The van der Waals surface area contributed by atoms with Gasteiger partial charge in [-0.3, -0.25) is 14.9 Å². The third-order valence-electron chi connectivity index (χ3n) is 6.73. The van der Waals surface area contributed by atoms with Crippen molar-refractivity contribution in [3.8, 4) is 11.3 Å². The second kappa shape index (κ2) is 10.5. The number of carbonyl (C=O) groups is 1. The van der Waals surface area contributed by atoms with E-state index in [4.69, 9.17) is 4.42 Å². The van der Waals surface area contributed by atoms with Gasteiger partial charge < -0.3 is 9.73 Å². The van der Waals surface area contributed by atoms with Gasteiger partial charge in [-0.2, -0.15) is 0 Å². The number of fused-ring (bicyclic) bond motifs is 1. The molecular weight excluding hydrogens is 486 g/mol. The molecule has 1 aliphatic rings. The molecule has 1 N–H and O–H groups in total. The number of carbonyl (C=O) groups excluding carboxylic acids is 1. The molecule has 0 unspecified atom stereocenters. The number of aryl methyl sites for hydroxylation is 2. The Morgan fingerprint density at radius 1 is 1.14 bits per heavy atom. The fourth-order valence-electron chi connectivity index (χ4n) is 4.62. The number of nitrogens with zero attached hydrogens (tertiary/aromatic N) is 2. The van der Waals surface area contributed by atoms with Crippen molar-refractivity contribution < 1.29 is 14.1 Å². The van der Waals surface area contributed by atoms with Crippen LogP contribution in [0.4, 0.5) is 10.7 Å². The fraction of sp³-hybridized carbons (Fsp3) is 0.241. The van der Waals surface area contributed by atoms with E-state index in [0.29, 0.717) is 39.8 Å². The van der Waals surface area contributed by atoms with Crippen LogP contribution >= 0.6 is 11.3 Å². The topological polar surface area (TPSA) is 97.7 Å². The molecule has 0 spiro atoms. The Labute approximate surface area is 219 Å². The normalized spacial score (nSPS) is 13.0. The van der Waals surface area contributed by atoms with E-state index in [-0.39, 0.29) is 16.5 Å². The molecule has 0 aliphatic heterocycles. The van der Waals surface area contributed by atoms with Crippen LogP contribution in [-0.4, -0.2) is 17.0 Å². The van der Waals surface area contributed by atoms with Gasteiger partial charge in [0.25, 0.3) is 11.6 Å². The number of furan rings is 1. The Balaban J connectivity index is 1.41. The van der Waals surface area contributed by atoms with Crippen molar-refractivity contribution in [1.29, 1.82) is 0 Å². The summed E-state index contributed by atoms with van der Waals surface area (Å²) in [6.45, 7) is 4.04. The first-order chi connectivity index (χ1) is 17.9. The summed E-state index contributed by atoms with van der Waals surface area (Å²) in [5, 5.41) is 15.2. The number of benzene rings is 2. The molecule has 0 fully saturated rings. The van der Waals surface area contributed by atoms with Crippen molar-refractivity contribution in [2.24, 2.45) is 4.99 Å². The number of rotatable bonds is 7. The zero-order valence-corrected chi connectivity index (χ0v) is 21.6. The standard InChI is InChI=1S/C29H27N3O4S/c1-18-14-21(15-24(19(18)2)32(34)35)25-13-12-22(36-25)17-31-29-27(23-10-6-7-11-26(23)37-29)28(33)30-16-20-8-4-3-5-9-20/h3-5,8-9,12-15,17H,6-7,10-11,16H2,1-2H3,(H,30,33)/b31-17-. The van der Waals surface area contributed by atoms with Crippen molar-refractivity contribution >= 4 is 34.1 Å². The maximum absolute atomic E-state index is 13.3. The maximum atomic E-state index is 13.3. The molecule has 37 heavy (non-hydrogen) atoms. The second-order valence-electron chi connectivity index (χ2n) is 9.21. The molecule has 8 heteroatoms. The van der Waals surface area contributed by atoms with Gasteiger partial charge in [-0.15, -0.1) is 11.3 Å². The highest BCUT2D eigenvalue weighted by Crippen LogP contribution is 2.40. The molecule has 0 radical (unpaired) electrons. The molecular formula is C29H27N3O4S. The number of nitrogens with one attached hydrogen (secondary N) is 1. The first-order valence-corrected chi connectivity index (χ1v) is 13.1. The Kier molecular flexibility index (Phi) is 7.01. The smallest absolute Gasteiger partial charge is 0.273 e. The Hall–Kier alpha value is -4.04. The molecule has 5 rings (SSSR count). The van der Waals surface area contributed by atoms with Crippen molar-refractivity contribution in [3.63, 3.8) is 0 Å². The Morgan fingerprint density at radius 2 is 1.92 bits per heavy atom. The van der Waals surface area contributed by atoms with Crippen LogP contribution in [0, 0.1) is 24.0 Å². The van der Waals surface area contributed by atoms with E-state index in [0.717, 1.165) is 42.4 Å². The number of thiophene rings is 1. The average Bonchev–Trinajstić information content (AvgIpc) is 3.52. The molecule has 2 heterocycles. The minimum absolute atomic E-state index is 0.0666. The van der Waals surface area contributed by atoms with Crippen LogP contribution in [0.15, 0.2) is 64.0 Å². The molecule has 0 atom stereocenters.